The molecule has 0 aliphatic heterocycles. The zero-order chi connectivity index (χ0) is 22.3. The van der Waals surface area contributed by atoms with E-state index in [1.165, 1.54) is 50.1 Å². The summed E-state index contributed by atoms with van der Waals surface area (Å²) in [5, 5.41) is 0. The number of nitrogens with zero attached hydrogens (tertiary/aromatic N) is 1. The lowest BCUT2D eigenvalue weighted by molar-refractivity contribution is -0.159. The van der Waals surface area contributed by atoms with Crippen molar-refractivity contribution in [2.45, 2.75) is 37.4 Å². The number of esters is 1. The number of nitrogens with one attached hydrogen (secondary N) is 1. The standard InChI is InChI=1S/C21H26N2O6S/c1-15(22-30(26,27)19-12-10-18(28-4)11-13-19)21(25)29-16(2)20(24)23(3)14-17-8-6-5-7-9-17/h5-13,15-16,22H,14H2,1-4H3. The summed E-state index contributed by atoms with van der Waals surface area (Å²) in [6.07, 6.45) is -1.06. The van der Waals surface area contributed by atoms with Crippen LogP contribution in [0.25, 0.3) is 0 Å². The molecule has 0 saturated carbocycles. The van der Waals surface area contributed by atoms with Crippen molar-refractivity contribution in [3.05, 3.63) is 60.2 Å². The molecule has 0 spiro atoms. The largest absolute Gasteiger partial charge is 0.497 e. The van der Waals surface area contributed by atoms with Crippen molar-refractivity contribution in [3.63, 3.8) is 0 Å². The first-order chi connectivity index (χ1) is 14.1. The Kier molecular flexibility index (Phi) is 7.96. The lowest BCUT2D eigenvalue weighted by Gasteiger charge is -2.23. The zero-order valence-electron chi connectivity index (χ0n) is 17.4. The molecule has 2 aromatic rings. The van der Waals surface area contributed by atoms with Crippen molar-refractivity contribution in [2.75, 3.05) is 14.2 Å². The first-order valence-electron chi connectivity index (χ1n) is 9.30. The van der Waals surface area contributed by atoms with Crippen LogP contribution >= 0.6 is 0 Å². The predicted octanol–water partition coefficient (Wildman–Crippen LogP) is 1.95. The van der Waals surface area contributed by atoms with Gasteiger partial charge in [-0.3, -0.25) is 9.59 Å². The van der Waals surface area contributed by atoms with Crippen molar-refractivity contribution >= 4 is 21.9 Å². The van der Waals surface area contributed by atoms with E-state index in [0.29, 0.717) is 12.3 Å². The van der Waals surface area contributed by atoms with E-state index in [0.717, 1.165) is 5.56 Å². The van der Waals surface area contributed by atoms with Crippen molar-refractivity contribution in [1.29, 1.82) is 0 Å². The number of sulfonamides is 1. The van der Waals surface area contributed by atoms with Gasteiger partial charge in [-0.2, -0.15) is 4.72 Å². The van der Waals surface area contributed by atoms with E-state index in [1.807, 2.05) is 30.3 Å². The molecular weight excluding hydrogens is 408 g/mol. The first kappa shape index (κ1) is 23.4. The molecule has 2 rings (SSSR count). The summed E-state index contributed by atoms with van der Waals surface area (Å²) in [7, 11) is -0.866. The number of benzene rings is 2. The molecule has 1 N–H and O–H groups in total. The van der Waals surface area contributed by atoms with E-state index in [1.54, 1.807) is 7.05 Å². The Hall–Kier alpha value is -2.91. The molecule has 8 nitrogen and oxygen atoms in total. The van der Waals surface area contributed by atoms with Crippen LogP contribution in [0.4, 0.5) is 0 Å². The van der Waals surface area contributed by atoms with Gasteiger partial charge in [-0.05, 0) is 43.7 Å². The van der Waals surface area contributed by atoms with Gasteiger partial charge in [-0.15, -0.1) is 0 Å². The van der Waals surface area contributed by atoms with Gasteiger partial charge >= 0.3 is 5.97 Å². The van der Waals surface area contributed by atoms with Crippen molar-refractivity contribution < 1.29 is 27.5 Å². The van der Waals surface area contributed by atoms with Crippen LogP contribution in [0, 0.1) is 0 Å². The summed E-state index contributed by atoms with van der Waals surface area (Å²) >= 11 is 0. The lowest BCUT2D eigenvalue weighted by atomic mass is 10.2. The number of hydrogen-bond donors (Lipinski definition) is 1. The van der Waals surface area contributed by atoms with Crippen LogP contribution in [0.3, 0.4) is 0 Å². The third kappa shape index (κ3) is 6.30. The predicted molar refractivity (Wildman–Crippen MR) is 111 cm³/mol. The quantitative estimate of drug-likeness (QED) is 0.606. The second-order valence-corrected chi connectivity index (χ2v) is 8.49. The minimum atomic E-state index is -3.94. The Balaban J connectivity index is 1.94. The number of hydrogen-bond acceptors (Lipinski definition) is 6. The van der Waals surface area contributed by atoms with E-state index in [9.17, 15) is 18.0 Å². The second kappa shape index (κ2) is 10.2. The molecule has 0 heterocycles. The van der Waals surface area contributed by atoms with Gasteiger partial charge in [0.05, 0.1) is 12.0 Å². The summed E-state index contributed by atoms with van der Waals surface area (Å²) in [6, 6.07) is 13.9. The van der Waals surface area contributed by atoms with Crippen LogP contribution in [0.15, 0.2) is 59.5 Å². The fraction of sp³-hybridized carbons (Fsp3) is 0.333. The molecule has 2 aromatic carbocycles. The molecule has 0 bridgehead atoms. The highest BCUT2D eigenvalue weighted by Crippen LogP contribution is 2.16. The molecule has 2 unspecified atom stereocenters. The Labute approximate surface area is 176 Å². The van der Waals surface area contributed by atoms with Crippen LogP contribution in [0.1, 0.15) is 19.4 Å². The van der Waals surface area contributed by atoms with Gasteiger partial charge in [0.1, 0.15) is 11.8 Å². The molecule has 0 aromatic heterocycles. The fourth-order valence-corrected chi connectivity index (χ4v) is 3.87. The van der Waals surface area contributed by atoms with Gasteiger partial charge in [0.25, 0.3) is 5.91 Å². The van der Waals surface area contributed by atoms with E-state index in [-0.39, 0.29) is 4.90 Å². The number of rotatable bonds is 9. The SMILES string of the molecule is COc1ccc(S(=O)(=O)NC(C)C(=O)OC(C)C(=O)N(C)Cc2ccccc2)cc1. The number of methoxy groups -OCH3 is 1. The van der Waals surface area contributed by atoms with Crippen molar-refractivity contribution in [1.82, 2.24) is 9.62 Å². The van der Waals surface area contributed by atoms with Crippen LogP contribution in [-0.2, 0) is 30.9 Å². The Morgan fingerprint density at radius 2 is 1.63 bits per heavy atom. The maximum absolute atomic E-state index is 12.5. The molecule has 2 atom stereocenters. The number of carbonyl (C=O) groups is 2. The monoisotopic (exact) mass is 434 g/mol. The lowest BCUT2D eigenvalue weighted by Crippen LogP contribution is -2.43. The highest BCUT2D eigenvalue weighted by Gasteiger charge is 2.27. The van der Waals surface area contributed by atoms with Gasteiger partial charge < -0.3 is 14.4 Å². The first-order valence-corrected chi connectivity index (χ1v) is 10.8. The molecule has 0 saturated heterocycles. The topological polar surface area (TPSA) is 102 Å². The molecule has 162 valence electrons. The molecule has 1 amide bonds. The summed E-state index contributed by atoms with van der Waals surface area (Å²) in [6.45, 7) is 3.17. The maximum atomic E-state index is 12.5. The van der Waals surface area contributed by atoms with Gasteiger partial charge in [-0.1, -0.05) is 30.3 Å². The normalized spacial score (nSPS) is 13.2. The van der Waals surface area contributed by atoms with Gasteiger partial charge in [0.2, 0.25) is 10.0 Å². The molecule has 0 fully saturated rings. The van der Waals surface area contributed by atoms with Gasteiger partial charge in [-0.25, -0.2) is 8.42 Å². The van der Waals surface area contributed by atoms with E-state index in [2.05, 4.69) is 4.72 Å². The molecule has 30 heavy (non-hydrogen) atoms. The van der Waals surface area contributed by atoms with Gasteiger partial charge in [0.15, 0.2) is 6.10 Å². The van der Waals surface area contributed by atoms with Crippen LogP contribution < -0.4 is 9.46 Å². The fourth-order valence-electron chi connectivity index (χ4n) is 2.68. The highest BCUT2D eigenvalue weighted by molar-refractivity contribution is 7.89. The maximum Gasteiger partial charge on any atom is 0.324 e. The molecule has 0 aliphatic rings. The highest BCUT2D eigenvalue weighted by atomic mass is 32.2. The number of likely N-dealkylation sites (N-methyl/N-ethyl adjacent to an activating group) is 1. The minimum Gasteiger partial charge on any atom is -0.497 e. The van der Waals surface area contributed by atoms with E-state index < -0.39 is 34.0 Å². The van der Waals surface area contributed by atoms with E-state index >= 15 is 0 Å². The minimum absolute atomic E-state index is 0.0188. The van der Waals surface area contributed by atoms with Crippen LogP contribution in [0.5, 0.6) is 5.75 Å². The summed E-state index contributed by atoms with van der Waals surface area (Å²) in [5.74, 6) is -0.730. The summed E-state index contributed by atoms with van der Waals surface area (Å²) in [5.41, 5.74) is 0.937. The Bertz CT molecular complexity index is 961. The molecular formula is C21H26N2O6S. The van der Waals surface area contributed by atoms with Crippen molar-refractivity contribution in [2.24, 2.45) is 0 Å². The zero-order valence-corrected chi connectivity index (χ0v) is 18.2. The second-order valence-electron chi connectivity index (χ2n) is 6.78. The summed E-state index contributed by atoms with van der Waals surface area (Å²) in [4.78, 5) is 26.2. The number of amides is 1. The van der Waals surface area contributed by atoms with Crippen LogP contribution in [-0.4, -0.2) is 51.5 Å². The van der Waals surface area contributed by atoms with E-state index in [4.69, 9.17) is 9.47 Å². The molecule has 9 heteroatoms. The van der Waals surface area contributed by atoms with Crippen molar-refractivity contribution in [3.8, 4) is 5.75 Å². The average molecular weight is 435 g/mol. The summed E-state index contributed by atoms with van der Waals surface area (Å²) < 4.78 is 37.3. The third-order valence-electron chi connectivity index (χ3n) is 4.33. The number of ether oxygens (including phenoxy) is 2. The number of carbonyl (C=O) groups excluding carboxylic acids is 2. The Morgan fingerprint density at radius 3 is 2.20 bits per heavy atom. The third-order valence-corrected chi connectivity index (χ3v) is 5.89. The smallest absolute Gasteiger partial charge is 0.324 e. The molecule has 0 aliphatic carbocycles. The Morgan fingerprint density at radius 1 is 1.03 bits per heavy atom. The average Bonchev–Trinajstić information content (AvgIpc) is 2.73. The van der Waals surface area contributed by atoms with Crippen LogP contribution in [0.2, 0.25) is 0 Å². The van der Waals surface area contributed by atoms with Gasteiger partial charge in [0, 0.05) is 13.6 Å². The molecule has 0 radical (unpaired) electrons.